The summed E-state index contributed by atoms with van der Waals surface area (Å²) in [7, 11) is 0. The lowest BCUT2D eigenvalue weighted by molar-refractivity contribution is 0.0678. The van der Waals surface area contributed by atoms with Crippen molar-refractivity contribution in [1.29, 1.82) is 0 Å². The van der Waals surface area contributed by atoms with Crippen LogP contribution in [0.25, 0.3) is 0 Å². The topological polar surface area (TPSA) is 59.4 Å². The SMILES string of the molecule is CCC1CCCCC1Oc1cccc(C(=O)O)n1. The number of carbonyl (C=O) groups is 1. The predicted octanol–water partition coefficient (Wildman–Crippen LogP) is 3.13. The fourth-order valence-electron chi connectivity index (χ4n) is 2.55. The van der Waals surface area contributed by atoms with Crippen molar-refractivity contribution >= 4 is 5.97 Å². The average molecular weight is 249 g/mol. The molecule has 0 saturated heterocycles. The van der Waals surface area contributed by atoms with Gasteiger partial charge in [0.25, 0.3) is 0 Å². The number of nitrogens with zero attached hydrogens (tertiary/aromatic N) is 1. The second kappa shape index (κ2) is 5.85. The van der Waals surface area contributed by atoms with Gasteiger partial charge in [-0.3, -0.25) is 0 Å². The molecule has 1 heterocycles. The largest absolute Gasteiger partial charge is 0.477 e. The minimum Gasteiger partial charge on any atom is -0.477 e. The molecule has 1 fully saturated rings. The van der Waals surface area contributed by atoms with E-state index >= 15 is 0 Å². The van der Waals surface area contributed by atoms with Crippen LogP contribution in [-0.4, -0.2) is 22.2 Å². The molecule has 4 nitrogen and oxygen atoms in total. The van der Waals surface area contributed by atoms with E-state index in [-0.39, 0.29) is 11.8 Å². The van der Waals surface area contributed by atoms with E-state index in [1.54, 1.807) is 12.1 Å². The van der Waals surface area contributed by atoms with Crippen LogP contribution in [0.15, 0.2) is 18.2 Å². The van der Waals surface area contributed by atoms with Gasteiger partial charge in [0.1, 0.15) is 6.10 Å². The lowest BCUT2D eigenvalue weighted by Crippen LogP contribution is -2.30. The molecule has 98 valence electrons. The molecule has 1 aromatic heterocycles. The Bertz CT molecular complexity index is 419. The van der Waals surface area contributed by atoms with E-state index in [4.69, 9.17) is 9.84 Å². The Morgan fingerprint density at radius 1 is 1.44 bits per heavy atom. The molecule has 4 heteroatoms. The Morgan fingerprint density at radius 3 is 2.94 bits per heavy atom. The molecule has 0 bridgehead atoms. The summed E-state index contributed by atoms with van der Waals surface area (Å²) >= 11 is 0. The summed E-state index contributed by atoms with van der Waals surface area (Å²) in [6.45, 7) is 2.17. The number of carboxylic acid groups (broad SMARTS) is 1. The zero-order valence-corrected chi connectivity index (χ0v) is 10.6. The first-order valence-electron chi connectivity index (χ1n) is 6.57. The average Bonchev–Trinajstić information content (AvgIpc) is 2.39. The molecule has 2 atom stereocenters. The number of ether oxygens (including phenoxy) is 1. The summed E-state index contributed by atoms with van der Waals surface area (Å²) < 4.78 is 5.88. The molecule has 1 aliphatic carbocycles. The normalized spacial score (nSPS) is 23.6. The van der Waals surface area contributed by atoms with Gasteiger partial charge in [0.2, 0.25) is 5.88 Å². The van der Waals surface area contributed by atoms with Crippen LogP contribution in [0.4, 0.5) is 0 Å². The molecule has 1 aromatic rings. The van der Waals surface area contributed by atoms with Gasteiger partial charge in [-0.15, -0.1) is 0 Å². The Balaban J connectivity index is 2.07. The number of aromatic carboxylic acids is 1. The molecule has 18 heavy (non-hydrogen) atoms. The van der Waals surface area contributed by atoms with Crippen molar-refractivity contribution in [2.24, 2.45) is 5.92 Å². The highest BCUT2D eigenvalue weighted by Gasteiger charge is 2.25. The standard InChI is InChI=1S/C14H19NO3/c1-2-10-6-3-4-8-12(10)18-13-9-5-7-11(15-13)14(16)17/h5,7,9-10,12H,2-4,6,8H2,1H3,(H,16,17). The molecular formula is C14H19NO3. The van der Waals surface area contributed by atoms with Crippen molar-refractivity contribution in [3.8, 4) is 5.88 Å². The molecule has 0 amide bonds. The van der Waals surface area contributed by atoms with E-state index in [9.17, 15) is 4.79 Å². The number of rotatable bonds is 4. The lowest BCUT2D eigenvalue weighted by atomic mass is 9.85. The van der Waals surface area contributed by atoms with Gasteiger partial charge in [0.05, 0.1) is 0 Å². The van der Waals surface area contributed by atoms with Crippen molar-refractivity contribution in [1.82, 2.24) is 4.98 Å². The second-order valence-corrected chi connectivity index (χ2v) is 4.78. The minimum atomic E-state index is -1.02. The van der Waals surface area contributed by atoms with Crippen LogP contribution in [0, 0.1) is 5.92 Å². The summed E-state index contributed by atoms with van der Waals surface area (Å²) in [6, 6.07) is 4.89. The van der Waals surface area contributed by atoms with Crippen LogP contribution in [0.2, 0.25) is 0 Å². The third-order valence-electron chi connectivity index (χ3n) is 3.58. The van der Waals surface area contributed by atoms with E-state index in [0.717, 1.165) is 12.8 Å². The predicted molar refractivity (Wildman–Crippen MR) is 67.9 cm³/mol. The highest BCUT2D eigenvalue weighted by atomic mass is 16.5. The third kappa shape index (κ3) is 3.00. The zero-order chi connectivity index (χ0) is 13.0. The van der Waals surface area contributed by atoms with E-state index in [1.807, 2.05) is 0 Å². The fraction of sp³-hybridized carbons (Fsp3) is 0.571. The molecule has 0 spiro atoms. The summed E-state index contributed by atoms with van der Waals surface area (Å²) in [5.74, 6) is -0.0228. The van der Waals surface area contributed by atoms with E-state index in [1.165, 1.54) is 25.3 Å². The summed E-state index contributed by atoms with van der Waals surface area (Å²) in [5.41, 5.74) is 0.0383. The van der Waals surface area contributed by atoms with Crippen LogP contribution in [0.5, 0.6) is 5.88 Å². The number of carboxylic acids is 1. The van der Waals surface area contributed by atoms with E-state index in [2.05, 4.69) is 11.9 Å². The molecule has 1 N–H and O–H groups in total. The minimum absolute atomic E-state index is 0.0383. The van der Waals surface area contributed by atoms with Crippen molar-refractivity contribution < 1.29 is 14.6 Å². The highest BCUT2D eigenvalue weighted by molar-refractivity contribution is 5.85. The monoisotopic (exact) mass is 249 g/mol. The first kappa shape index (κ1) is 12.9. The number of hydrogen-bond acceptors (Lipinski definition) is 3. The third-order valence-corrected chi connectivity index (χ3v) is 3.58. The second-order valence-electron chi connectivity index (χ2n) is 4.78. The molecular weight excluding hydrogens is 230 g/mol. The molecule has 0 radical (unpaired) electrons. The maximum absolute atomic E-state index is 10.8. The van der Waals surface area contributed by atoms with Crippen molar-refractivity contribution in [3.05, 3.63) is 23.9 Å². The van der Waals surface area contributed by atoms with Gasteiger partial charge < -0.3 is 9.84 Å². The molecule has 1 aliphatic rings. The van der Waals surface area contributed by atoms with Crippen LogP contribution in [0.1, 0.15) is 49.5 Å². The smallest absolute Gasteiger partial charge is 0.354 e. The first-order valence-corrected chi connectivity index (χ1v) is 6.57. The maximum atomic E-state index is 10.8. The van der Waals surface area contributed by atoms with Crippen LogP contribution >= 0.6 is 0 Å². The quantitative estimate of drug-likeness (QED) is 0.890. The van der Waals surface area contributed by atoms with Crippen LogP contribution in [0.3, 0.4) is 0 Å². The zero-order valence-electron chi connectivity index (χ0n) is 10.6. The molecule has 0 aliphatic heterocycles. The lowest BCUT2D eigenvalue weighted by Gasteiger charge is -2.30. The van der Waals surface area contributed by atoms with Gasteiger partial charge in [-0.2, -0.15) is 0 Å². The van der Waals surface area contributed by atoms with Gasteiger partial charge in [-0.05, 0) is 37.7 Å². The van der Waals surface area contributed by atoms with Gasteiger partial charge in [0.15, 0.2) is 5.69 Å². The van der Waals surface area contributed by atoms with Gasteiger partial charge >= 0.3 is 5.97 Å². The summed E-state index contributed by atoms with van der Waals surface area (Å²) in [5, 5.41) is 8.90. The Labute approximate surface area is 107 Å². The fourth-order valence-corrected chi connectivity index (χ4v) is 2.55. The first-order chi connectivity index (χ1) is 8.70. The highest BCUT2D eigenvalue weighted by Crippen LogP contribution is 2.29. The van der Waals surface area contributed by atoms with Crippen molar-refractivity contribution in [2.45, 2.75) is 45.1 Å². The Hall–Kier alpha value is -1.58. The van der Waals surface area contributed by atoms with Crippen molar-refractivity contribution in [2.75, 3.05) is 0 Å². The molecule has 0 aromatic carbocycles. The van der Waals surface area contributed by atoms with Crippen molar-refractivity contribution in [3.63, 3.8) is 0 Å². The summed E-state index contributed by atoms with van der Waals surface area (Å²) in [4.78, 5) is 14.9. The molecule has 1 saturated carbocycles. The summed E-state index contributed by atoms with van der Waals surface area (Å²) in [6.07, 6.45) is 5.96. The van der Waals surface area contributed by atoms with Gasteiger partial charge in [-0.1, -0.05) is 19.4 Å². The van der Waals surface area contributed by atoms with E-state index in [0.29, 0.717) is 11.8 Å². The maximum Gasteiger partial charge on any atom is 0.354 e. The number of aromatic nitrogens is 1. The van der Waals surface area contributed by atoms with Gasteiger partial charge in [-0.25, -0.2) is 9.78 Å². The Kier molecular flexibility index (Phi) is 4.18. The molecule has 2 unspecified atom stereocenters. The van der Waals surface area contributed by atoms with Crippen LogP contribution in [-0.2, 0) is 0 Å². The van der Waals surface area contributed by atoms with E-state index < -0.39 is 5.97 Å². The number of pyridine rings is 1. The Morgan fingerprint density at radius 2 is 2.22 bits per heavy atom. The van der Waals surface area contributed by atoms with Gasteiger partial charge in [0, 0.05) is 6.07 Å². The van der Waals surface area contributed by atoms with Crippen LogP contribution < -0.4 is 4.74 Å². The number of hydrogen-bond donors (Lipinski definition) is 1. The molecule has 2 rings (SSSR count).